The molecule has 0 aliphatic carbocycles. The highest BCUT2D eigenvalue weighted by molar-refractivity contribution is 6.42. The van der Waals surface area contributed by atoms with E-state index in [1.54, 1.807) is 29.0 Å². The van der Waals surface area contributed by atoms with E-state index in [4.69, 9.17) is 37.4 Å². The number of ether oxygens (including phenoxy) is 3. The molecule has 2 unspecified atom stereocenters. The van der Waals surface area contributed by atoms with E-state index in [0.29, 0.717) is 61.5 Å². The van der Waals surface area contributed by atoms with Gasteiger partial charge in [-0.3, -0.25) is 9.69 Å². The summed E-state index contributed by atoms with van der Waals surface area (Å²) in [5, 5.41) is 0.859. The van der Waals surface area contributed by atoms with Crippen LogP contribution in [0, 0.1) is 0 Å². The van der Waals surface area contributed by atoms with Crippen LogP contribution in [0.4, 0.5) is 4.79 Å². The molecule has 2 saturated heterocycles. The predicted octanol–water partition coefficient (Wildman–Crippen LogP) is 4.34. The van der Waals surface area contributed by atoms with Gasteiger partial charge in [0, 0.05) is 25.2 Å². The van der Waals surface area contributed by atoms with Crippen molar-refractivity contribution >= 4 is 35.2 Å². The maximum absolute atomic E-state index is 13.4. The van der Waals surface area contributed by atoms with Crippen LogP contribution in [-0.4, -0.2) is 73.4 Å². The smallest absolute Gasteiger partial charge is 0.410 e. The first-order valence-electron chi connectivity index (χ1n) is 10.5. The quantitative estimate of drug-likeness (QED) is 0.653. The zero-order valence-corrected chi connectivity index (χ0v) is 20.0. The summed E-state index contributed by atoms with van der Waals surface area (Å²) in [6.07, 6.45) is 0.538. The van der Waals surface area contributed by atoms with E-state index in [0.717, 1.165) is 5.56 Å². The number of morpholine rings is 1. The van der Waals surface area contributed by atoms with Crippen LogP contribution in [0.15, 0.2) is 12.1 Å². The number of halogens is 2. The fourth-order valence-electron chi connectivity index (χ4n) is 4.10. The van der Waals surface area contributed by atoms with Crippen molar-refractivity contribution < 1.29 is 23.8 Å². The first-order valence-corrected chi connectivity index (χ1v) is 11.3. The van der Waals surface area contributed by atoms with E-state index < -0.39 is 17.7 Å². The lowest BCUT2D eigenvalue weighted by atomic mass is 9.84. The molecule has 2 atom stereocenters. The van der Waals surface area contributed by atoms with Crippen LogP contribution >= 0.6 is 23.2 Å². The molecule has 9 heteroatoms. The number of hydrogen-bond donors (Lipinski definition) is 0. The van der Waals surface area contributed by atoms with Gasteiger partial charge in [-0.2, -0.15) is 0 Å². The van der Waals surface area contributed by atoms with E-state index in [2.05, 4.69) is 0 Å². The van der Waals surface area contributed by atoms with Gasteiger partial charge >= 0.3 is 6.09 Å². The molecule has 0 saturated carbocycles. The van der Waals surface area contributed by atoms with Crippen molar-refractivity contribution in [3.8, 4) is 5.75 Å². The molecule has 7 nitrogen and oxygen atoms in total. The minimum Gasteiger partial charge on any atom is -0.496 e. The molecule has 0 bridgehead atoms. The second-order valence-electron chi connectivity index (χ2n) is 8.83. The second kappa shape index (κ2) is 9.84. The Hall–Kier alpha value is -1.70. The first-order chi connectivity index (χ1) is 14.6. The van der Waals surface area contributed by atoms with E-state index in [1.165, 1.54) is 0 Å². The topological polar surface area (TPSA) is 68.3 Å². The van der Waals surface area contributed by atoms with E-state index in [1.807, 2.05) is 20.8 Å². The molecule has 0 N–H and O–H groups in total. The Labute approximate surface area is 193 Å². The van der Waals surface area contributed by atoms with Crippen molar-refractivity contribution in [1.82, 2.24) is 9.80 Å². The summed E-state index contributed by atoms with van der Waals surface area (Å²) in [6, 6.07) is 2.81. The zero-order chi connectivity index (χ0) is 22.8. The molecule has 0 radical (unpaired) electrons. The summed E-state index contributed by atoms with van der Waals surface area (Å²) < 4.78 is 16.5. The number of hydrogen-bond acceptors (Lipinski definition) is 5. The largest absolute Gasteiger partial charge is 0.496 e. The highest BCUT2D eigenvalue weighted by atomic mass is 35.5. The number of piperidine rings is 1. The monoisotopic (exact) mass is 472 g/mol. The molecule has 2 heterocycles. The molecule has 2 aliphatic rings. The van der Waals surface area contributed by atoms with Crippen molar-refractivity contribution in [3.63, 3.8) is 0 Å². The number of nitrogens with zero attached hydrogens (tertiary/aromatic N) is 2. The van der Waals surface area contributed by atoms with Gasteiger partial charge < -0.3 is 19.1 Å². The maximum Gasteiger partial charge on any atom is 0.410 e. The van der Waals surface area contributed by atoms with E-state index >= 15 is 0 Å². The third kappa shape index (κ3) is 5.57. The van der Waals surface area contributed by atoms with Gasteiger partial charge in [0.2, 0.25) is 5.91 Å². The van der Waals surface area contributed by atoms with Crippen molar-refractivity contribution in [2.75, 3.05) is 40.0 Å². The number of carbonyl (C=O) groups is 2. The first kappa shape index (κ1) is 24.0. The summed E-state index contributed by atoms with van der Waals surface area (Å²) in [7, 11) is 1.58. The van der Waals surface area contributed by atoms with E-state index in [-0.39, 0.29) is 11.8 Å². The van der Waals surface area contributed by atoms with Gasteiger partial charge in [0.25, 0.3) is 0 Å². The maximum atomic E-state index is 13.4. The lowest BCUT2D eigenvalue weighted by Crippen LogP contribution is -2.56. The Morgan fingerprint density at radius 2 is 1.81 bits per heavy atom. The molecule has 2 fully saturated rings. The average Bonchev–Trinajstić information content (AvgIpc) is 2.74. The Bertz CT molecular complexity index is 821. The molecule has 1 aromatic rings. The molecule has 31 heavy (non-hydrogen) atoms. The fraction of sp³-hybridized carbons (Fsp3) is 0.636. The van der Waals surface area contributed by atoms with Crippen molar-refractivity contribution in [1.29, 1.82) is 0 Å². The van der Waals surface area contributed by atoms with Crippen LogP contribution in [0.5, 0.6) is 5.75 Å². The lowest BCUT2D eigenvalue weighted by molar-refractivity contribution is -0.142. The molecule has 2 aliphatic heterocycles. The van der Waals surface area contributed by atoms with Crippen LogP contribution < -0.4 is 4.74 Å². The van der Waals surface area contributed by atoms with Crippen molar-refractivity contribution in [3.05, 3.63) is 27.7 Å². The highest BCUT2D eigenvalue weighted by Gasteiger charge is 2.42. The molecule has 0 spiro atoms. The Morgan fingerprint density at radius 1 is 1.13 bits per heavy atom. The van der Waals surface area contributed by atoms with Gasteiger partial charge in [-0.15, -0.1) is 0 Å². The fourth-order valence-corrected chi connectivity index (χ4v) is 4.58. The summed E-state index contributed by atoms with van der Waals surface area (Å²) in [6.45, 7) is 7.79. The summed E-state index contributed by atoms with van der Waals surface area (Å²) in [4.78, 5) is 29.7. The van der Waals surface area contributed by atoms with Gasteiger partial charge in [0.1, 0.15) is 17.4 Å². The van der Waals surface area contributed by atoms with Gasteiger partial charge in [0.05, 0.1) is 30.4 Å². The van der Waals surface area contributed by atoms with Gasteiger partial charge in [-0.1, -0.05) is 23.2 Å². The van der Waals surface area contributed by atoms with Crippen LogP contribution in [0.25, 0.3) is 0 Å². The minimum absolute atomic E-state index is 0.0881. The third-order valence-electron chi connectivity index (χ3n) is 5.56. The number of methoxy groups -OCH3 is 1. The molecule has 1 aromatic carbocycles. The lowest BCUT2D eigenvalue weighted by Gasteiger charge is -2.42. The number of benzene rings is 1. The second-order valence-corrected chi connectivity index (χ2v) is 9.61. The van der Waals surface area contributed by atoms with Gasteiger partial charge in [0.15, 0.2) is 0 Å². The molecule has 3 rings (SSSR count). The molecular formula is C22H30Cl2N2O5. The highest BCUT2D eigenvalue weighted by Crippen LogP contribution is 2.43. The molecule has 172 valence electrons. The zero-order valence-electron chi connectivity index (χ0n) is 18.5. The van der Waals surface area contributed by atoms with Crippen LogP contribution in [0.2, 0.25) is 10.0 Å². The minimum atomic E-state index is -0.661. The van der Waals surface area contributed by atoms with E-state index in [9.17, 15) is 9.59 Å². The molecular weight excluding hydrogens is 443 g/mol. The number of likely N-dealkylation sites (tertiary alicyclic amines) is 1. The number of amides is 2. The molecule has 2 amide bonds. The van der Waals surface area contributed by atoms with Crippen LogP contribution in [-0.2, 0) is 14.3 Å². The van der Waals surface area contributed by atoms with Gasteiger partial charge in [-0.05, 0) is 51.7 Å². The summed E-state index contributed by atoms with van der Waals surface area (Å²) >= 11 is 12.8. The third-order valence-corrected chi connectivity index (χ3v) is 6.38. The standard InChI is InChI=1S/C22H30Cl2N2O5/c1-22(2,3)31-21(28)26-8-7-14(18-17(29-4)6-5-15(23)19(18)24)13-16(26)20(27)25-9-11-30-12-10-25/h5-6,14,16H,7-13H2,1-4H3. The Morgan fingerprint density at radius 3 is 2.42 bits per heavy atom. The number of carbonyl (C=O) groups excluding carboxylic acids is 2. The Kier molecular flexibility index (Phi) is 7.60. The summed E-state index contributed by atoms with van der Waals surface area (Å²) in [5.41, 5.74) is 0.125. The SMILES string of the molecule is COc1ccc(Cl)c(Cl)c1C1CCN(C(=O)OC(C)(C)C)C(C(=O)N2CCOCC2)C1. The normalized spacial score (nSPS) is 22.3. The van der Waals surface area contributed by atoms with Crippen molar-refractivity contribution in [2.24, 2.45) is 0 Å². The number of rotatable bonds is 3. The van der Waals surface area contributed by atoms with Crippen LogP contribution in [0.1, 0.15) is 45.1 Å². The average molecular weight is 473 g/mol. The predicted molar refractivity (Wildman–Crippen MR) is 119 cm³/mol. The van der Waals surface area contributed by atoms with Crippen molar-refractivity contribution in [2.45, 2.75) is 51.2 Å². The van der Waals surface area contributed by atoms with Gasteiger partial charge in [-0.25, -0.2) is 4.79 Å². The molecule has 0 aromatic heterocycles. The van der Waals surface area contributed by atoms with Crippen LogP contribution in [0.3, 0.4) is 0 Å². The summed E-state index contributed by atoms with van der Waals surface area (Å²) in [5.74, 6) is 0.438. The Balaban J connectivity index is 1.91.